The van der Waals surface area contributed by atoms with Crippen molar-refractivity contribution in [2.75, 3.05) is 0 Å². The van der Waals surface area contributed by atoms with Crippen molar-refractivity contribution >= 4 is 24.9 Å². The van der Waals surface area contributed by atoms with Gasteiger partial charge >= 0.3 is 0 Å². The molecule has 1 rings (SSSR count). The predicted molar refractivity (Wildman–Crippen MR) is 52.2 cm³/mol. The number of halogens is 1. The Morgan fingerprint density at radius 1 is 1.55 bits per heavy atom. The Kier molecular flexibility index (Phi) is 2.58. The molecule has 0 spiro atoms. The molecule has 0 aliphatic rings. The summed E-state index contributed by atoms with van der Waals surface area (Å²) in [5.41, 5.74) is 7.85. The van der Waals surface area contributed by atoms with Gasteiger partial charge in [0.05, 0.1) is 0 Å². The van der Waals surface area contributed by atoms with Crippen LogP contribution >= 0.6 is 11.6 Å². The normalized spacial score (nSPS) is 13.0. The van der Waals surface area contributed by atoms with Gasteiger partial charge in [0.25, 0.3) is 0 Å². The Labute approximate surface area is 73.0 Å². The van der Waals surface area contributed by atoms with Crippen LogP contribution in [0.15, 0.2) is 18.2 Å². The van der Waals surface area contributed by atoms with E-state index < -0.39 is 0 Å². The molecule has 1 aromatic rings. The lowest BCUT2D eigenvalue weighted by atomic mass is 9.94. The number of nitrogens with two attached hydrogens (primary N) is 1. The average molecular weight is 167 g/mol. The lowest BCUT2D eigenvalue weighted by Gasteiger charge is -2.06. The number of rotatable bonds is 1. The van der Waals surface area contributed by atoms with Crippen LogP contribution < -0.4 is 11.2 Å². The predicted octanol–water partition coefficient (Wildman–Crippen LogP) is 0.618. The van der Waals surface area contributed by atoms with Gasteiger partial charge in [-0.1, -0.05) is 29.2 Å². The summed E-state index contributed by atoms with van der Waals surface area (Å²) in [5.74, 6) is 0. The minimum Gasteiger partial charge on any atom is -0.324 e. The molecular formula is C8H11BClN. The van der Waals surface area contributed by atoms with E-state index in [1.807, 2.05) is 33.0 Å². The first-order valence-electron chi connectivity index (χ1n) is 3.63. The molecule has 2 N–H and O–H groups in total. The third-order valence-corrected chi connectivity index (χ3v) is 2.13. The quantitative estimate of drug-likeness (QED) is 0.610. The smallest absolute Gasteiger partial charge is 0.141 e. The van der Waals surface area contributed by atoms with Crippen molar-refractivity contribution < 1.29 is 0 Å². The highest BCUT2D eigenvalue weighted by molar-refractivity contribution is 6.45. The monoisotopic (exact) mass is 167 g/mol. The van der Waals surface area contributed by atoms with Gasteiger partial charge in [0, 0.05) is 11.1 Å². The molecule has 1 atom stereocenters. The summed E-state index contributed by atoms with van der Waals surface area (Å²) in [7, 11) is 1.98. The van der Waals surface area contributed by atoms with E-state index in [0.29, 0.717) is 0 Å². The minimum absolute atomic E-state index is 0.0631. The SMILES string of the molecule is Bc1ccc(C(C)N)cc1Cl. The molecule has 3 heteroatoms. The first-order chi connectivity index (χ1) is 5.11. The van der Waals surface area contributed by atoms with Gasteiger partial charge in [-0.25, -0.2) is 0 Å². The summed E-state index contributed by atoms with van der Waals surface area (Å²) in [5, 5.41) is 0.791. The summed E-state index contributed by atoms with van der Waals surface area (Å²) in [6.45, 7) is 1.95. The van der Waals surface area contributed by atoms with Crippen LogP contribution in [0.5, 0.6) is 0 Å². The molecule has 0 heterocycles. The first kappa shape index (κ1) is 8.63. The topological polar surface area (TPSA) is 26.0 Å². The molecule has 0 fully saturated rings. The Morgan fingerprint density at radius 2 is 2.18 bits per heavy atom. The second-order valence-electron chi connectivity index (χ2n) is 2.80. The zero-order valence-electron chi connectivity index (χ0n) is 6.76. The van der Waals surface area contributed by atoms with Crippen LogP contribution in [0.1, 0.15) is 18.5 Å². The molecule has 0 aliphatic carbocycles. The summed E-state index contributed by atoms with van der Waals surface area (Å²) in [6.07, 6.45) is 0. The van der Waals surface area contributed by atoms with Gasteiger partial charge in [0.15, 0.2) is 0 Å². The van der Waals surface area contributed by atoms with E-state index in [4.69, 9.17) is 17.3 Å². The fourth-order valence-electron chi connectivity index (χ4n) is 0.892. The van der Waals surface area contributed by atoms with E-state index in [1.165, 1.54) is 0 Å². The third-order valence-electron chi connectivity index (χ3n) is 1.72. The Balaban J connectivity index is 3.05. The molecule has 1 unspecified atom stereocenters. The minimum atomic E-state index is 0.0631. The van der Waals surface area contributed by atoms with E-state index in [-0.39, 0.29) is 6.04 Å². The van der Waals surface area contributed by atoms with Crippen molar-refractivity contribution in [1.82, 2.24) is 0 Å². The van der Waals surface area contributed by atoms with Crippen LogP contribution in [0.25, 0.3) is 0 Å². The summed E-state index contributed by atoms with van der Waals surface area (Å²) < 4.78 is 0. The van der Waals surface area contributed by atoms with Crippen LogP contribution in [-0.4, -0.2) is 7.85 Å². The lowest BCUT2D eigenvalue weighted by Crippen LogP contribution is -2.09. The molecular weight excluding hydrogens is 156 g/mol. The molecule has 1 nitrogen and oxygen atoms in total. The maximum absolute atomic E-state index is 5.90. The van der Waals surface area contributed by atoms with Gasteiger partial charge in [-0.15, -0.1) is 0 Å². The van der Waals surface area contributed by atoms with Gasteiger partial charge in [-0.3, -0.25) is 0 Å². The molecule has 0 saturated heterocycles. The van der Waals surface area contributed by atoms with Crippen molar-refractivity contribution in [2.45, 2.75) is 13.0 Å². The molecule has 0 aliphatic heterocycles. The van der Waals surface area contributed by atoms with Crippen molar-refractivity contribution in [3.05, 3.63) is 28.8 Å². The van der Waals surface area contributed by atoms with E-state index in [2.05, 4.69) is 0 Å². The highest BCUT2D eigenvalue weighted by Crippen LogP contribution is 2.13. The lowest BCUT2D eigenvalue weighted by molar-refractivity contribution is 0.819. The molecule has 58 valence electrons. The Hall–Kier alpha value is -0.465. The van der Waals surface area contributed by atoms with Crippen LogP contribution in [0, 0.1) is 0 Å². The van der Waals surface area contributed by atoms with Gasteiger partial charge in [0.1, 0.15) is 7.85 Å². The third kappa shape index (κ3) is 1.98. The van der Waals surface area contributed by atoms with E-state index in [0.717, 1.165) is 16.0 Å². The van der Waals surface area contributed by atoms with Crippen molar-refractivity contribution in [3.8, 4) is 0 Å². The Bertz CT molecular complexity index is 260. The van der Waals surface area contributed by atoms with Crippen LogP contribution in [0.3, 0.4) is 0 Å². The van der Waals surface area contributed by atoms with Gasteiger partial charge in [0.2, 0.25) is 0 Å². The summed E-state index contributed by atoms with van der Waals surface area (Å²) >= 11 is 5.90. The molecule has 0 amide bonds. The molecule has 11 heavy (non-hydrogen) atoms. The zero-order valence-corrected chi connectivity index (χ0v) is 7.52. The van der Waals surface area contributed by atoms with Gasteiger partial charge < -0.3 is 5.73 Å². The molecule has 0 radical (unpaired) electrons. The highest BCUT2D eigenvalue weighted by Gasteiger charge is 2.00. The van der Waals surface area contributed by atoms with Crippen molar-refractivity contribution in [1.29, 1.82) is 0 Å². The number of hydrogen-bond donors (Lipinski definition) is 1. The molecule has 1 aromatic carbocycles. The highest BCUT2D eigenvalue weighted by atomic mass is 35.5. The number of hydrogen-bond acceptors (Lipinski definition) is 1. The van der Waals surface area contributed by atoms with Crippen molar-refractivity contribution in [3.63, 3.8) is 0 Å². The van der Waals surface area contributed by atoms with E-state index in [9.17, 15) is 0 Å². The standard InChI is InChI=1S/C8H11BClN/c1-5(11)6-2-3-7(9)8(10)4-6/h2-5H,9,11H2,1H3. The fraction of sp³-hybridized carbons (Fsp3) is 0.250. The van der Waals surface area contributed by atoms with E-state index >= 15 is 0 Å². The van der Waals surface area contributed by atoms with E-state index in [1.54, 1.807) is 0 Å². The summed E-state index contributed by atoms with van der Waals surface area (Å²) in [6, 6.07) is 5.97. The molecule has 0 saturated carbocycles. The van der Waals surface area contributed by atoms with Crippen LogP contribution in [0.4, 0.5) is 0 Å². The van der Waals surface area contributed by atoms with Crippen LogP contribution in [-0.2, 0) is 0 Å². The maximum atomic E-state index is 5.90. The fourth-order valence-corrected chi connectivity index (χ4v) is 1.08. The second-order valence-corrected chi connectivity index (χ2v) is 3.20. The maximum Gasteiger partial charge on any atom is 0.141 e. The van der Waals surface area contributed by atoms with Crippen molar-refractivity contribution in [2.24, 2.45) is 5.73 Å². The molecule has 0 bridgehead atoms. The second kappa shape index (κ2) is 3.29. The average Bonchev–Trinajstić information content (AvgIpc) is 1.94. The summed E-state index contributed by atoms with van der Waals surface area (Å²) in [4.78, 5) is 0. The number of benzene rings is 1. The first-order valence-corrected chi connectivity index (χ1v) is 4.00. The zero-order chi connectivity index (χ0) is 8.43. The van der Waals surface area contributed by atoms with Crippen LogP contribution in [0.2, 0.25) is 5.02 Å². The molecule has 0 aromatic heterocycles. The Morgan fingerprint density at radius 3 is 2.64 bits per heavy atom. The largest absolute Gasteiger partial charge is 0.324 e. The van der Waals surface area contributed by atoms with Gasteiger partial charge in [-0.2, -0.15) is 0 Å². The van der Waals surface area contributed by atoms with Gasteiger partial charge in [-0.05, 0) is 18.6 Å².